The molecule has 2 aliphatic rings. The highest BCUT2D eigenvalue weighted by molar-refractivity contribution is 6.03. The Morgan fingerprint density at radius 3 is 2.71 bits per heavy atom. The van der Waals surface area contributed by atoms with Gasteiger partial charge < -0.3 is 23.2 Å². The van der Waals surface area contributed by atoms with E-state index in [2.05, 4.69) is 9.97 Å². The quantitative estimate of drug-likeness (QED) is 0.400. The Labute approximate surface area is 192 Å². The summed E-state index contributed by atoms with van der Waals surface area (Å²) in [5.74, 6) is -1.31. The number of fused-ring (bicyclic) bond motifs is 3. The standard InChI is InChI=1S/C24H21F2N3O5/c1-11-13-6-7-29(22(13)28-10-27-11)23-20-19(33-24(2,3)34-20)18(32-23)17(30)12-4-5-16-14(8-12)15(9-31-16)21(25)26/h4-10,18-21,23H,1-3H3/t18-,19-,20-,23-/m1/s1. The molecule has 1 aromatic carbocycles. The van der Waals surface area contributed by atoms with E-state index in [4.69, 9.17) is 18.6 Å². The molecule has 2 aliphatic heterocycles. The molecule has 34 heavy (non-hydrogen) atoms. The van der Waals surface area contributed by atoms with Gasteiger partial charge in [-0.25, -0.2) is 18.7 Å². The maximum atomic E-state index is 13.6. The van der Waals surface area contributed by atoms with Crippen molar-refractivity contribution in [1.82, 2.24) is 14.5 Å². The van der Waals surface area contributed by atoms with Gasteiger partial charge in [0.15, 0.2) is 23.9 Å². The van der Waals surface area contributed by atoms with Crippen LogP contribution >= 0.6 is 0 Å². The van der Waals surface area contributed by atoms with Gasteiger partial charge in [0.05, 0.1) is 11.3 Å². The SMILES string of the molecule is Cc1ncnc2c1ccn2[C@@H]1O[C@H](C(=O)c2ccc3occ(C(F)F)c3c2)[C@H]2OC(C)(C)O[C@H]21. The summed E-state index contributed by atoms with van der Waals surface area (Å²) < 4.78 is 52.2. The van der Waals surface area contributed by atoms with Gasteiger partial charge in [0.25, 0.3) is 6.43 Å². The highest BCUT2D eigenvalue weighted by Crippen LogP contribution is 2.45. The maximum absolute atomic E-state index is 13.6. The molecule has 10 heteroatoms. The van der Waals surface area contributed by atoms with Crippen molar-refractivity contribution in [3.63, 3.8) is 0 Å². The van der Waals surface area contributed by atoms with Crippen molar-refractivity contribution in [1.29, 1.82) is 0 Å². The van der Waals surface area contributed by atoms with E-state index in [-0.39, 0.29) is 27.9 Å². The number of hydrogen-bond donors (Lipinski definition) is 0. The number of ketones is 1. The van der Waals surface area contributed by atoms with Crippen LogP contribution in [-0.4, -0.2) is 44.4 Å². The average Bonchev–Trinajstić information content (AvgIpc) is 3.54. The molecule has 3 aromatic heterocycles. The first-order valence-corrected chi connectivity index (χ1v) is 10.9. The molecule has 2 fully saturated rings. The van der Waals surface area contributed by atoms with Crippen molar-refractivity contribution in [2.45, 2.75) is 57.5 Å². The number of carbonyl (C=O) groups is 1. The molecule has 8 nitrogen and oxygen atoms in total. The lowest BCUT2D eigenvalue weighted by Crippen LogP contribution is -2.35. The van der Waals surface area contributed by atoms with Crippen molar-refractivity contribution >= 4 is 27.8 Å². The monoisotopic (exact) mass is 469 g/mol. The summed E-state index contributed by atoms with van der Waals surface area (Å²) in [5, 5.41) is 1.06. The van der Waals surface area contributed by atoms with E-state index in [0.29, 0.717) is 5.65 Å². The van der Waals surface area contributed by atoms with E-state index in [1.807, 2.05) is 23.8 Å². The van der Waals surface area contributed by atoms with Gasteiger partial charge in [0.2, 0.25) is 0 Å². The summed E-state index contributed by atoms with van der Waals surface area (Å²) in [6.07, 6.45) is -1.37. The van der Waals surface area contributed by atoms with Gasteiger partial charge in [-0.2, -0.15) is 0 Å². The Kier molecular flexibility index (Phi) is 4.64. The Morgan fingerprint density at radius 1 is 1.12 bits per heavy atom. The number of hydrogen-bond acceptors (Lipinski definition) is 7. The first kappa shape index (κ1) is 21.3. The lowest BCUT2D eigenvalue weighted by Gasteiger charge is -2.24. The third kappa shape index (κ3) is 3.17. The smallest absolute Gasteiger partial charge is 0.267 e. The van der Waals surface area contributed by atoms with Crippen LogP contribution in [0.25, 0.3) is 22.0 Å². The van der Waals surface area contributed by atoms with E-state index >= 15 is 0 Å². The fraction of sp³-hybridized carbons (Fsp3) is 0.375. The average molecular weight is 469 g/mol. The summed E-state index contributed by atoms with van der Waals surface area (Å²) in [4.78, 5) is 22.2. The molecule has 0 unspecified atom stereocenters. The van der Waals surface area contributed by atoms with Crippen LogP contribution in [-0.2, 0) is 14.2 Å². The largest absolute Gasteiger partial charge is 0.464 e. The third-order valence-corrected chi connectivity index (χ3v) is 6.39. The number of Topliss-reactive ketones (excluding diaryl/α,β-unsaturated/α-hetero) is 1. The first-order valence-electron chi connectivity index (χ1n) is 10.9. The number of furan rings is 1. The first-order chi connectivity index (χ1) is 16.2. The molecule has 0 aliphatic carbocycles. The number of alkyl halides is 2. The Balaban J connectivity index is 1.39. The molecule has 2 saturated heterocycles. The number of benzene rings is 1. The molecular weight excluding hydrogens is 448 g/mol. The minimum Gasteiger partial charge on any atom is -0.464 e. The molecular formula is C24H21F2N3O5. The van der Waals surface area contributed by atoms with Gasteiger partial charge >= 0.3 is 0 Å². The summed E-state index contributed by atoms with van der Waals surface area (Å²) in [5.41, 5.74) is 1.72. The van der Waals surface area contributed by atoms with Crippen molar-refractivity contribution in [3.8, 4) is 0 Å². The van der Waals surface area contributed by atoms with Crippen molar-refractivity contribution < 1.29 is 32.2 Å². The fourth-order valence-electron chi connectivity index (χ4n) is 4.85. The maximum Gasteiger partial charge on any atom is 0.267 e. The molecule has 0 bridgehead atoms. The van der Waals surface area contributed by atoms with Gasteiger partial charge in [0, 0.05) is 22.5 Å². The highest BCUT2D eigenvalue weighted by Gasteiger charge is 2.58. The molecule has 0 saturated carbocycles. The second-order valence-electron chi connectivity index (χ2n) is 9.00. The van der Waals surface area contributed by atoms with Gasteiger partial charge in [-0.05, 0) is 45.0 Å². The summed E-state index contributed by atoms with van der Waals surface area (Å²) in [6, 6.07) is 6.35. The summed E-state index contributed by atoms with van der Waals surface area (Å²) in [7, 11) is 0. The molecule has 5 heterocycles. The highest BCUT2D eigenvalue weighted by atomic mass is 19.3. The van der Waals surface area contributed by atoms with Crippen molar-refractivity contribution in [2.24, 2.45) is 0 Å². The molecule has 176 valence electrons. The molecule has 0 N–H and O–H groups in total. The predicted octanol–water partition coefficient (Wildman–Crippen LogP) is 4.72. The third-order valence-electron chi connectivity index (χ3n) is 6.39. The lowest BCUT2D eigenvalue weighted by atomic mass is 9.99. The molecule has 0 radical (unpaired) electrons. The number of halogens is 2. The van der Waals surface area contributed by atoms with Gasteiger partial charge in [-0.3, -0.25) is 4.79 Å². The summed E-state index contributed by atoms with van der Waals surface area (Å²) >= 11 is 0. The molecule has 6 rings (SSSR count). The van der Waals surface area contributed by atoms with E-state index in [9.17, 15) is 13.6 Å². The molecule has 4 aromatic rings. The topological polar surface area (TPSA) is 88.6 Å². The van der Waals surface area contributed by atoms with E-state index in [1.165, 1.54) is 24.5 Å². The summed E-state index contributed by atoms with van der Waals surface area (Å²) in [6.45, 7) is 5.43. The van der Waals surface area contributed by atoms with Crippen LogP contribution in [0.3, 0.4) is 0 Å². The second kappa shape index (κ2) is 7.39. The number of ether oxygens (including phenoxy) is 3. The van der Waals surface area contributed by atoms with Gasteiger partial charge in [-0.1, -0.05) is 0 Å². The predicted molar refractivity (Wildman–Crippen MR) is 116 cm³/mol. The number of aromatic nitrogens is 3. The van der Waals surface area contributed by atoms with E-state index < -0.39 is 36.8 Å². The Hall–Kier alpha value is -3.21. The van der Waals surface area contributed by atoms with Crippen LogP contribution in [0.15, 0.2) is 47.5 Å². The normalized spacial score (nSPS) is 26.1. The zero-order chi connectivity index (χ0) is 23.8. The van der Waals surface area contributed by atoms with E-state index in [1.54, 1.807) is 13.8 Å². The number of rotatable bonds is 4. The Bertz CT molecular complexity index is 1430. The number of nitrogens with zero attached hydrogens (tertiary/aromatic N) is 3. The van der Waals surface area contributed by atoms with Crippen LogP contribution in [0.2, 0.25) is 0 Å². The number of aryl methyl sites for hydroxylation is 1. The molecule has 0 amide bonds. The minimum atomic E-state index is -2.72. The zero-order valence-corrected chi connectivity index (χ0v) is 18.6. The number of carbonyl (C=O) groups excluding carboxylic acids is 1. The van der Waals surface area contributed by atoms with Crippen LogP contribution in [0.4, 0.5) is 8.78 Å². The lowest BCUT2D eigenvalue weighted by molar-refractivity contribution is -0.190. The van der Waals surface area contributed by atoms with Crippen LogP contribution in [0, 0.1) is 6.92 Å². The Morgan fingerprint density at radius 2 is 1.91 bits per heavy atom. The fourth-order valence-corrected chi connectivity index (χ4v) is 4.85. The van der Waals surface area contributed by atoms with Crippen molar-refractivity contribution in [2.75, 3.05) is 0 Å². The van der Waals surface area contributed by atoms with Crippen LogP contribution in [0.1, 0.15) is 48.1 Å². The van der Waals surface area contributed by atoms with Gasteiger partial charge in [0.1, 0.15) is 36.0 Å². The molecule has 4 atom stereocenters. The molecule has 0 spiro atoms. The zero-order valence-electron chi connectivity index (χ0n) is 18.6. The van der Waals surface area contributed by atoms with E-state index in [0.717, 1.165) is 17.3 Å². The second-order valence-corrected chi connectivity index (χ2v) is 9.00. The van der Waals surface area contributed by atoms with Gasteiger partial charge in [-0.15, -0.1) is 0 Å². The van der Waals surface area contributed by atoms with Crippen LogP contribution < -0.4 is 0 Å². The minimum absolute atomic E-state index is 0.194. The van der Waals surface area contributed by atoms with Crippen LogP contribution in [0.5, 0.6) is 0 Å². The van der Waals surface area contributed by atoms with Crippen molar-refractivity contribution in [3.05, 3.63) is 59.9 Å².